The summed E-state index contributed by atoms with van der Waals surface area (Å²) in [6.07, 6.45) is 2.08. The van der Waals surface area contributed by atoms with E-state index in [2.05, 4.69) is 26.6 Å². The van der Waals surface area contributed by atoms with E-state index in [1.807, 2.05) is 36.4 Å². The van der Waals surface area contributed by atoms with E-state index in [0.717, 1.165) is 49.6 Å². The Morgan fingerprint density at radius 2 is 1.72 bits per heavy atom. The molecule has 0 saturated carbocycles. The molecule has 0 bridgehead atoms. The van der Waals surface area contributed by atoms with Gasteiger partial charge in [0.05, 0.1) is 11.6 Å². The van der Waals surface area contributed by atoms with E-state index in [0.29, 0.717) is 18.2 Å². The summed E-state index contributed by atoms with van der Waals surface area (Å²) in [6, 6.07) is 16.8. The Hall–Kier alpha value is -2.18. The van der Waals surface area contributed by atoms with Gasteiger partial charge in [-0.15, -0.1) is 24.0 Å². The molecule has 2 N–H and O–H groups in total. The maximum absolute atomic E-state index is 13.0. The predicted molar refractivity (Wildman–Crippen MR) is 125 cm³/mol. The van der Waals surface area contributed by atoms with Crippen molar-refractivity contribution in [2.75, 3.05) is 20.1 Å². The second-order valence-electron chi connectivity index (χ2n) is 7.06. The number of nitrogens with one attached hydrogen (secondary N) is 2. The minimum Gasteiger partial charge on any atom is -0.354 e. The number of piperidine rings is 1. The van der Waals surface area contributed by atoms with Gasteiger partial charge in [-0.2, -0.15) is 5.26 Å². The number of aliphatic imine (C=N–C) groups is 1. The van der Waals surface area contributed by atoms with E-state index in [-0.39, 0.29) is 29.8 Å². The number of guanidine groups is 1. The fourth-order valence-electron chi connectivity index (χ4n) is 3.35. The van der Waals surface area contributed by atoms with E-state index in [1.165, 1.54) is 12.1 Å². The molecule has 5 nitrogen and oxygen atoms in total. The Bertz CT molecular complexity index is 822. The number of hydrogen-bond donors (Lipinski definition) is 2. The van der Waals surface area contributed by atoms with Crippen molar-refractivity contribution >= 4 is 29.9 Å². The average Bonchev–Trinajstić information content (AvgIpc) is 2.74. The highest BCUT2D eigenvalue weighted by Crippen LogP contribution is 2.14. The quantitative estimate of drug-likeness (QED) is 0.369. The van der Waals surface area contributed by atoms with Gasteiger partial charge >= 0.3 is 0 Å². The van der Waals surface area contributed by atoms with Crippen LogP contribution in [0.5, 0.6) is 0 Å². The van der Waals surface area contributed by atoms with Gasteiger partial charge in [-0.25, -0.2) is 4.39 Å². The van der Waals surface area contributed by atoms with Gasteiger partial charge < -0.3 is 10.6 Å². The number of halogens is 2. The van der Waals surface area contributed by atoms with Crippen LogP contribution in [0.1, 0.15) is 29.5 Å². The third kappa shape index (κ3) is 7.29. The molecule has 0 aromatic heterocycles. The van der Waals surface area contributed by atoms with Gasteiger partial charge in [0.2, 0.25) is 0 Å². The molecular weight excluding hydrogens is 480 g/mol. The first-order chi connectivity index (χ1) is 13.7. The normalized spacial score (nSPS) is 15.3. The summed E-state index contributed by atoms with van der Waals surface area (Å²) in [5.74, 6) is 0.605. The van der Waals surface area contributed by atoms with Crippen molar-refractivity contribution < 1.29 is 4.39 Å². The summed E-state index contributed by atoms with van der Waals surface area (Å²) in [4.78, 5) is 6.72. The van der Waals surface area contributed by atoms with Gasteiger partial charge in [0.25, 0.3) is 0 Å². The lowest BCUT2D eigenvalue weighted by Crippen LogP contribution is -2.48. The average molecular weight is 507 g/mol. The lowest BCUT2D eigenvalue weighted by Gasteiger charge is -2.33. The van der Waals surface area contributed by atoms with Crippen LogP contribution in [0.2, 0.25) is 0 Å². The molecule has 154 valence electrons. The van der Waals surface area contributed by atoms with Crippen molar-refractivity contribution in [1.82, 2.24) is 15.5 Å². The van der Waals surface area contributed by atoms with E-state index in [9.17, 15) is 4.39 Å². The molecule has 2 aromatic rings. The number of benzene rings is 2. The lowest BCUT2D eigenvalue weighted by molar-refractivity contribution is 0.198. The van der Waals surface area contributed by atoms with Crippen molar-refractivity contribution in [3.63, 3.8) is 0 Å². The smallest absolute Gasteiger partial charge is 0.191 e. The van der Waals surface area contributed by atoms with E-state index < -0.39 is 0 Å². The first-order valence-electron chi connectivity index (χ1n) is 9.59. The summed E-state index contributed by atoms with van der Waals surface area (Å²) in [5, 5.41) is 15.7. The van der Waals surface area contributed by atoms with Crippen LogP contribution in [0.25, 0.3) is 0 Å². The zero-order valence-electron chi connectivity index (χ0n) is 16.6. The standard InChI is InChI=1S/C22H26FN5.HI/c1-25-22(26-15-18-4-2-17(14-24)3-5-18)27-21-10-12-28(13-11-21)16-19-6-8-20(23)9-7-19;/h2-9,21H,10-13,15-16H2,1H3,(H2,25,26,27);1H. The molecule has 0 unspecified atom stereocenters. The summed E-state index contributed by atoms with van der Waals surface area (Å²) in [5.41, 5.74) is 2.92. The Labute approximate surface area is 189 Å². The summed E-state index contributed by atoms with van der Waals surface area (Å²) < 4.78 is 13.0. The second kappa shape index (κ2) is 11.7. The Morgan fingerprint density at radius 1 is 1.10 bits per heavy atom. The summed E-state index contributed by atoms with van der Waals surface area (Å²) in [6.45, 7) is 3.52. The second-order valence-corrected chi connectivity index (χ2v) is 7.06. The molecule has 1 aliphatic heterocycles. The topological polar surface area (TPSA) is 63.5 Å². The van der Waals surface area contributed by atoms with Crippen LogP contribution in [0.15, 0.2) is 53.5 Å². The van der Waals surface area contributed by atoms with Gasteiger partial charge in [-0.1, -0.05) is 24.3 Å². The molecule has 0 amide bonds. The van der Waals surface area contributed by atoms with E-state index in [1.54, 1.807) is 7.05 Å². The minimum absolute atomic E-state index is 0. The Kier molecular flexibility index (Phi) is 9.35. The summed E-state index contributed by atoms with van der Waals surface area (Å²) in [7, 11) is 1.78. The fourth-order valence-corrected chi connectivity index (χ4v) is 3.35. The molecule has 1 aliphatic rings. The molecule has 7 heteroatoms. The third-order valence-corrected chi connectivity index (χ3v) is 5.01. The highest BCUT2D eigenvalue weighted by Gasteiger charge is 2.20. The molecule has 0 spiro atoms. The molecule has 1 saturated heterocycles. The fraction of sp³-hybridized carbons (Fsp3) is 0.364. The van der Waals surface area contributed by atoms with Gasteiger partial charge in [0.15, 0.2) is 5.96 Å². The molecule has 0 aliphatic carbocycles. The Morgan fingerprint density at radius 3 is 2.31 bits per heavy atom. The molecule has 3 rings (SSSR count). The van der Waals surface area contributed by atoms with Crippen LogP contribution in [0.4, 0.5) is 4.39 Å². The highest BCUT2D eigenvalue weighted by atomic mass is 127. The molecule has 29 heavy (non-hydrogen) atoms. The number of rotatable bonds is 5. The maximum Gasteiger partial charge on any atom is 0.191 e. The monoisotopic (exact) mass is 507 g/mol. The third-order valence-electron chi connectivity index (χ3n) is 5.01. The SMILES string of the molecule is CN=C(NCc1ccc(C#N)cc1)NC1CCN(Cc2ccc(F)cc2)CC1.I. The summed E-state index contributed by atoms with van der Waals surface area (Å²) >= 11 is 0. The highest BCUT2D eigenvalue weighted by molar-refractivity contribution is 14.0. The van der Waals surface area contributed by atoms with Crippen LogP contribution in [-0.2, 0) is 13.1 Å². The van der Waals surface area contributed by atoms with Crippen LogP contribution in [0, 0.1) is 17.1 Å². The molecule has 0 atom stereocenters. The van der Waals surface area contributed by atoms with Gasteiger partial charge in [0, 0.05) is 39.3 Å². The number of nitriles is 1. The van der Waals surface area contributed by atoms with Crippen molar-refractivity contribution in [2.45, 2.75) is 32.0 Å². The van der Waals surface area contributed by atoms with E-state index in [4.69, 9.17) is 5.26 Å². The van der Waals surface area contributed by atoms with Crippen molar-refractivity contribution in [2.24, 2.45) is 4.99 Å². The van der Waals surface area contributed by atoms with Crippen molar-refractivity contribution in [3.05, 3.63) is 71.0 Å². The van der Waals surface area contributed by atoms with Crippen LogP contribution >= 0.6 is 24.0 Å². The van der Waals surface area contributed by atoms with Crippen molar-refractivity contribution in [3.8, 4) is 6.07 Å². The molecule has 0 radical (unpaired) electrons. The van der Waals surface area contributed by atoms with Crippen LogP contribution in [-0.4, -0.2) is 37.0 Å². The zero-order chi connectivity index (χ0) is 19.8. The van der Waals surface area contributed by atoms with E-state index >= 15 is 0 Å². The van der Waals surface area contributed by atoms with Gasteiger partial charge in [-0.3, -0.25) is 9.89 Å². The Balaban J connectivity index is 0.00000300. The molecule has 1 heterocycles. The van der Waals surface area contributed by atoms with Gasteiger partial charge in [-0.05, 0) is 48.2 Å². The largest absolute Gasteiger partial charge is 0.354 e. The van der Waals surface area contributed by atoms with Crippen molar-refractivity contribution in [1.29, 1.82) is 5.26 Å². The number of nitrogens with zero attached hydrogens (tertiary/aromatic N) is 3. The number of hydrogen-bond acceptors (Lipinski definition) is 3. The van der Waals surface area contributed by atoms with Crippen LogP contribution in [0.3, 0.4) is 0 Å². The lowest BCUT2D eigenvalue weighted by atomic mass is 10.0. The predicted octanol–water partition coefficient (Wildman–Crippen LogP) is 3.64. The van der Waals surface area contributed by atoms with Gasteiger partial charge in [0.1, 0.15) is 5.82 Å². The molecule has 1 fully saturated rings. The minimum atomic E-state index is -0.188. The first-order valence-corrected chi connectivity index (χ1v) is 9.59. The first kappa shape index (κ1) is 23.1. The zero-order valence-corrected chi connectivity index (χ0v) is 18.9. The molecular formula is C22H27FIN5. The maximum atomic E-state index is 13.0. The van der Waals surface area contributed by atoms with Crippen LogP contribution < -0.4 is 10.6 Å². The molecule has 2 aromatic carbocycles. The number of likely N-dealkylation sites (tertiary alicyclic amines) is 1.